The molecule has 2 N–H and O–H groups in total. The third-order valence-corrected chi connectivity index (χ3v) is 6.29. The van der Waals surface area contributed by atoms with Crippen molar-refractivity contribution < 1.29 is 9.53 Å². The Bertz CT molecular complexity index is 1110. The van der Waals surface area contributed by atoms with Crippen molar-refractivity contribution >= 4 is 23.4 Å². The summed E-state index contributed by atoms with van der Waals surface area (Å²) in [6.07, 6.45) is 3.86. The number of carbonyl (C=O) groups is 1. The number of ether oxygens (including phenoxy) is 1. The van der Waals surface area contributed by atoms with Crippen LogP contribution >= 0.6 is 0 Å². The fourth-order valence-electron chi connectivity index (χ4n) is 4.35. The SMILES string of the molecule is Nc1ncc(-c2cc(N3CCN(C(=O)Cc4ccccc4)CC3)cc(N3CCOCC3)n2)cn1. The van der Waals surface area contributed by atoms with E-state index >= 15 is 0 Å². The van der Waals surface area contributed by atoms with Crippen molar-refractivity contribution in [2.24, 2.45) is 0 Å². The molecule has 0 spiro atoms. The van der Waals surface area contributed by atoms with Crippen LogP contribution in [0, 0.1) is 0 Å². The molecule has 2 fully saturated rings. The summed E-state index contributed by atoms with van der Waals surface area (Å²) in [6, 6.07) is 14.1. The normalized spacial score (nSPS) is 16.5. The van der Waals surface area contributed by atoms with Gasteiger partial charge in [0.2, 0.25) is 11.9 Å². The monoisotopic (exact) mass is 459 g/mol. The van der Waals surface area contributed by atoms with Crippen LogP contribution < -0.4 is 15.5 Å². The van der Waals surface area contributed by atoms with Gasteiger partial charge in [0.1, 0.15) is 5.82 Å². The molecule has 0 atom stereocenters. The van der Waals surface area contributed by atoms with Crippen LogP contribution in [0.25, 0.3) is 11.3 Å². The second-order valence-electron chi connectivity index (χ2n) is 8.53. The molecule has 9 heteroatoms. The fourth-order valence-corrected chi connectivity index (χ4v) is 4.35. The van der Waals surface area contributed by atoms with E-state index in [0.717, 1.165) is 54.5 Å². The van der Waals surface area contributed by atoms with Gasteiger partial charge in [-0.15, -0.1) is 0 Å². The van der Waals surface area contributed by atoms with E-state index in [1.54, 1.807) is 12.4 Å². The number of carbonyl (C=O) groups excluding carboxylic acids is 1. The molecular formula is C25H29N7O2. The topological polar surface area (TPSA) is 101 Å². The molecule has 2 saturated heterocycles. The van der Waals surface area contributed by atoms with E-state index in [0.29, 0.717) is 32.7 Å². The molecule has 3 aromatic rings. The zero-order valence-electron chi connectivity index (χ0n) is 19.1. The lowest BCUT2D eigenvalue weighted by Crippen LogP contribution is -2.49. The van der Waals surface area contributed by atoms with Gasteiger partial charge in [-0.3, -0.25) is 4.79 Å². The molecule has 5 rings (SSSR count). The number of nitrogens with two attached hydrogens (primary N) is 1. The Morgan fingerprint density at radius 2 is 1.62 bits per heavy atom. The molecule has 0 bridgehead atoms. The standard InChI is InChI=1S/C25H29N7O2/c26-25-27-17-20(18-28-25)22-15-21(16-23(29-22)31-10-12-34-13-11-31)30-6-8-32(9-7-30)24(33)14-19-4-2-1-3-5-19/h1-5,15-18H,6-14H2,(H2,26,27,28). The molecule has 0 saturated carbocycles. The molecule has 2 aliphatic heterocycles. The second-order valence-corrected chi connectivity index (χ2v) is 8.53. The van der Waals surface area contributed by atoms with Gasteiger partial charge in [0, 0.05) is 69.0 Å². The molecule has 0 unspecified atom stereocenters. The van der Waals surface area contributed by atoms with Crippen molar-refractivity contribution in [3.05, 3.63) is 60.4 Å². The number of rotatable bonds is 5. The first-order valence-electron chi connectivity index (χ1n) is 11.6. The largest absolute Gasteiger partial charge is 0.378 e. The first-order valence-corrected chi connectivity index (χ1v) is 11.6. The zero-order valence-corrected chi connectivity index (χ0v) is 19.1. The maximum absolute atomic E-state index is 12.8. The van der Waals surface area contributed by atoms with Gasteiger partial charge in [-0.2, -0.15) is 0 Å². The minimum Gasteiger partial charge on any atom is -0.378 e. The number of morpholine rings is 1. The highest BCUT2D eigenvalue weighted by Gasteiger charge is 2.23. The van der Waals surface area contributed by atoms with E-state index in [-0.39, 0.29) is 11.9 Å². The smallest absolute Gasteiger partial charge is 0.227 e. The Kier molecular flexibility index (Phi) is 6.53. The summed E-state index contributed by atoms with van der Waals surface area (Å²) in [7, 11) is 0. The number of hydrogen-bond acceptors (Lipinski definition) is 8. The lowest BCUT2D eigenvalue weighted by atomic mass is 10.1. The van der Waals surface area contributed by atoms with Crippen molar-refractivity contribution in [3.63, 3.8) is 0 Å². The van der Waals surface area contributed by atoms with Crippen LogP contribution in [0.5, 0.6) is 0 Å². The average Bonchev–Trinajstić information content (AvgIpc) is 2.90. The van der Waals surface area contributed by atoms with Crippen molar-refractivity contribution in [1.29, 1.82) is 0 Å². The van der Waals surface area contributed by atoms with E-state index in [2.05, 4.69) is 31.9 Å². The number of benzene rings is 1. The first kappa shape index (κ1) is 22.1. The van der Waals surface area contributed by atoms with Crippen molar-refractivity contribution in [2.75, 3.05) is 68.0 Å². The number of aromatic nitrogens is 3. The van der Waals surface area contributed by atoms with Crippen LogP contribution in [-0.4, -0.2) is 78.2 Å². The van der Waals surface area contributed by atoms with Crippen LogP contribution in [0.2, 0.25) is 0 Å². The average molecular weight is 460 g/mol. The lowest BCUT2D eigenvalue weighted by molar-refractivity contribution is -0.130. The molecular weight excluding hydrogens is 430 g/mol. The van der Waals surface area contributed by atoms with E-state index in [1.165, 1.54) is 0 Å². The summed E-state index contributed by atoms with van der Waals surface area (Å²) in [5, 5.41) is 0. The molecule has 9 nitrogen and oxygen atoms in total. The van der Waals surface area contributed by atoms with Crippen LogP contribution in [0.4, 0.5) is 17.5 Å². The van der Waals surface area contributed by atoms with E-state index < -0.39 is 0 Å². The maximum Gasteiger partial charge on any atom is 0.227 e. The predicted octanol–water partition coefficient (Wildman–Crippen LogP) is 1.85. The van der Waals surface area contributed by atoms with E-state index in [4.69, 9.17) is 15.5 Å². The summed E-state index contributed by atoms with van der Waals surface area (Å²) in [5.41, 5.74) is 9.44. The van der Waals surface area contributed by atoms with Crippen LogP contribution in [-0.2, 0) is 16.0 Å². The number of amides is 1. The van der Waals surface area contributed by atoms with Crippen LogP contribution in [0.15, 0.2) is 54.9 Å². The van der Waals surface area contributed by atoms with Crippen molar-refractivity contribution in [3.8, 4) is 11.3 Å². The minimum absolute atomic E-state index is 0.175. The summed E-state index contributed by atoms with van der Waals surface area (Å²) in [4.78, 5) is 32.5. The van der Waals surface area contributed by atoms with Crippen LogP contribution in [0.3, 0.4) is 0 Å². The Labute approximate surface area is 199 Å². The minimum atomic E-state index is 0.175. The van der Waals surface area contributed by atoms with Gasteiger partial charge in [0.05, 0.1) is 25.3 Å². The molecule has 34 heavy (non-hydrogen) atoms. The Morgan fingerprint density at radius 3 is 2.32 bits per heavy atom. The van der Waals surface area contributed by atoms with Crippen molar-refractivity contribution in [2.45, 2.75) is 6.42 Å². The fraction of sp³-hybridized carbons (Fsp3) is 0.360. The maximum atomic E-state index is 12.8. The second kappa shape index (κ2) is 10.0. The third kappa shape index (κ3) is 5.09. The number of pyridine rings is 1. The van der Waals surface area contributed by atoms with Crippen molar-refractivity contribution in [1.82, 2.24) is 19.9 Å². The molecule has 1 amide bonds. The van der Waals surface area contributed by atoms with Gasteiger partial charge in [-0.05, 0) is 11.6 Å². The highest BCUT2D eigenvalue weighted by molar-refractivity contribution is 5.79. The summed E-state index contributed by atoms with van der Waals surface area (Å²) in [6.45, 7) is 5.91. The number of anilines is 3. The van der Waals surface area contributed by atoms with Crippen LogP contribution in [0.1, 0.15) is 5.56 Å². The number of piperazine rings is 1. The molecule has 0 aliphatic carbocycles. The molecule has 2 aromatic heterocycles. The number of hydrogen-bond donors (Lipinski definition) is 1. The highest BCUT2D eigenvalue weighted by Crippen LogP contribution is 2.29. The summed E-state index contributed by atoms with van der Waals surface area (Å²) in [5.74, 6) is 1.33. The van der Waals surface area contributed by atoms with Gasteiger partial charge in [0.25, 0.3) is 0 Å². The molecule has 1 aromatic carbocycles. The quantitative estimate of drug-likeness (QED) is 0.617. The van der Waals surface area contributed by atoms with Gasteiger partial charge in [-0.25, -0.2) is 15.0 Å². The summed E-state index contributed by atoms with van der Waals surface area (Å²) >= 11 is 0. The molecule has 4 heterocycles. The third-order valence-electron chi connectivity index (χ3n) is 6.29. The van der Waals surface area contributed by atoms with Gasteiger partial charge >= 0.3 is 0 Å². The van der Waals surface area contributed by atoms with E-state index in [9.17, 15) is 4.79 Å². The number of nitrogen functional groups attached to an aromatic ring is 1. The van der Waals surface area contributed by atoms with E-state index in [1.807, 2.05) is 35.2 Å². The van der Waals surface area contributed by atoms with Gasteiger partial charge < -0.3 is 25.2 Å². The highest BCUT2D eigenvalue weighted by atomic mass is 16.5. The molecule has 176 valence electrons. The molecule has 0 radical (unpaired) electrons. The number of nitrogens with zero attached hydrogens (tertiary/aromatic N) is 6. The Hall–Kier alpha value is -3.72. The zero-order chi connectivity index (χ0) is 23.3. The Balaban J connectivity index is 1.33. The lowest BCUT2D eigenvalue weighted by Gasteiger charge is -2.37. The Morgan fingerprint density at radius 1 is 0.912 bits per heavy atom. The van der Waals surface area contributed by atoms with Gasteiger partial charge in [0.15, 0.2) is 0 Å². The van der Waals surface area contributed by atoms with Gasteiger partial charge in [-0.1, -0.05) is 30.3 Å². The molecule has 2 aliphatic rings. The summed E-state index contributed by atoms with van der Waals surface area (Å²) < 4.78 is 5.52. The predicted molar refractivity (Wildman–Crippen MR) is 132 cm³/mol. The first-order chi connectivity index (χ1) is 16.7.